The van der Waals surface area contributed by atoms with Gasteiger partial charge in [-0.2, -0.15) is 0 Å². The van der Waals surface area contributed by atoms with Crippen LogP contribution < -0.4 is 11.5 Å². The Hall–Kier alpha value is -0.610. The highest BCUT2D eigenvalue weighted by atomic mass is 16.6. The van der Waals surface area contributed by atoms with Crippen molar-refractivity contribution in [3.63, 3.8) is 0 Å². The maximum Gasteiger partial charge on any atom is 0.323 e. The lowest BCUT2D eigenvalue weighted by atomic mass is 9.82. The standard InChI is InChI=1S/C12H24N2O2/c1-12(2,3)16-11(15)10(14)8-4-6-9(13)7-5-8/h8-10H,4-7,13-14H2,1-3H3. The van der Waals surface area contributed by atoms with Crippen molar-refractivity contribution < 1.29 is 9.53 Å². The molecule has 16 heavy (non-hydrogen) atoms. The first-order valence-electron chi connectivity index (χ1n) is 6.03. The normalized spacial score (nSPS) is 28.6. The Bertz CT molecular complexity index is 240. The van der Waals surface area contributed by atoms with E-state index in [9.17, 15) is 4.79 Å². The van der Waals surface area contributed by atoms with E-state index in [2.05, 4.69) is 0 Å². The Labute approximate surface area is 97.7 Å². The molecule has 4 heteroatoms. The van der Waals surface area contributed by atoms with Crippen LogP contribution in [-0.4, -0.2) is 23.7 Å². The maximum atomic E-state index is 11.8. The molecule has 0 aromatic carbocycles. The van der Waals surface area contributed by atoms with Crippen molar-refractivity contribution in [3.8, 4) is 0 Å². The maximum absolute atomic E-state index is 11.8. The third-order valence-electron chi connectivity index (χ3n) is 3.00. The van der Waals surface area contributed by atoms with Crippen molar-refractivity contribution in [2.75, 3.05) is 0 Å². The molecule has 1 saturated carbocycles. The lowest BCUT2D eigenvalue weighted by Gasteiger charge is -2.31. The Balaban J connectivity index is 2.45. The zero-order valence-corrected chi connectivity index (χ0v) is 10.5. The Morgan fingerprint density at radius 2 is 1.75 bits per heavy atom. The van der Waals surface area contributed by atoms with Crippen molar-refractivity contribution in [1.82, 2.24) is 0 Å². The highest BCUT2D eigenvalue weighted by molar-refractivity contribution is 5.76. The molecule has 0 aliphatic heterocycles. The molecule has 1 rings (SSSR count). The lowest BCUT2D eigenvalue weighted by Crippen LogP contribution is -2.44. The molecular weight excluding hydrogens is 204 g/mol. The van der Waals surface area contributed by atoms with Crippen LogP contribution >= 0.6 is 0 Å². The first kappa shape index (κ1) is 13.5. The van der Waals surface area contributed by atoms with Crippen LogP contribution in [0.15, 0.2) is 0 Å². The monoisotopic (exact) mass is 228 g/mol. The number of rotatable bonds is 2. The van der Waals surface area contributed by atoms with E-state index in [-0.39, 0.29) is 17.9 Å². The Morgan fingerprint density at radius 3 is 2.19 bits per heavy atom. The number of hydrogen-bond donors (Lipinski definition) is 2. The number of carbonyl (C=O) groups excluding carboxylic acids is 1. The second kappa shape index (κ2) is 5.15. The molecule has 1 atom stereocenters. The van der Waals surface area contributed by atoms with Gasteiger partial charge in [0.15, 0.2) is 0 Å². The van der Waals surface area contributed by atoms with E-state index in [4.69, 9.17) is 16.2 Å². The third-order valence-corrected chi connectivity index (χ3v) is 3.00. The highest BCUT2D eigenvalue weighted by Gasteiger charge is 2.31. The summed E-state index contributed by atoms with van der Waals surface area (Å²) in [4.78, 5) is 11.8. The summed E-state index contributed by atoms with van der Waals surface area (Å²) in [5.74, 6) is -0.0531. The van der Waals surface area contributed by atoms with Crippen LogP contribution in [0.4, 0.5) is 0 Å². The van der Waals surface area contributed by atoms with E-state index in [0.717, 1.165) is 25.7 Å². The average molecular weight is 228 g/mol. The minimum Gasteiger partial charge on any atom is -0.459 e. The Morgan fingerprint density at radius 1 is 1.25 bits per heavy atom. The molecule has 1 aliphatic rings. The van der Waals surface area contributed by atoms with E-state index >= 15 is 0 Å². The van der Waals surface area contributed by atoms with Gasteiger partial charge in [-0.15, -0.1) is 0 Å². The molecule has 94 valence electrons. The first-order chi connectivity index (χ1) is 7.29. The molecule has 0 radical (unpaired) electrons. The Kier molecular flexibility index (Phi) is 4.33. The molecule has 4 N–H and O–H groups in total. The fourth-order valence-corrected chi connectivity index (χ4v) is 2.07. The van der Waals surface area contributed by atoms with Crippen LogP contribution in [0.5, 0.6) is 0 Å². The zero-order valence-electron chi connectivity index (χ0n) is 10.5. The molecule has 1 aliphatic carbocycles. The van der Waals surface area contributed by atoms with Gasteiger partial charge in [-0.25, -0.2) is 0 Å². The largest absolute Gasteiger partial charge is 0.459 e. The van der Waals surface area contributed by atoms with Crippen molar-refractivity contribution in [2.45, 2.75) is 64.1 Å². The molecule has 0 aromatic heterocycles. The van der Waals surface area contributed by atoms with Gasteiger partial charge in [0.05, 0.1) is 0 Å². The SMILES string of the molecule is CC(C)(C)OC(=O)C(N)C1CCC(N)CC1. The predicted octanol–water partition coefficient (Wildman–Crippen LogP) is 1.17. The topological polar surface area (TPSA) is 78.3 Å². The average Bonchev–Trinajstić information content (AvgIpc) is 2.15. The molecule has 0 spiro atoms. The molecule has 1 unspecified atom stereocenters. The molecule has 4 nitrogen and oxygen atoms in total. The van der Waals surface area contributed by atoms with Crippen LogP contribution in [0, 0.1) is 5.92 Å². The van der Waals surface area contributed by atoms with E-state index in [0.29, 0.717) is 0 Å². The molecule has 0 amide bonds. The number of carbonyl (C=O) groups is 1. The quantitative estimate of drug-likeness (QED) is 0.695. The summed E-state index contributed by atoms with van der Waals surface area (Å²) in [6.07, 6.45) is 3.78. The number of nitrogens with two attached hydrogens (primary N) is 2. The minimum absolute atomic E-state index is 0.231. The second-order valence-electron chi connectivity index (χ2n) is 5.73. The van der Waals surface area contributed by atoms with Gasteiger partial charge in [-0.1, -0.05) is 0 Å². The fraction of sp³-hybridized carbons (Fsp3) is 0.917. The summed E-state index contributed by atoms with van der Waals surface area (Å²) < 4.78 is 5.28. The van der Waals surface area contributed by atoms with Gasteiger partial charge in [0.2, 0.25) is 0 Å². The van der Waals surface area contributed by atoms with Crippen molar-refractivity contribution in [1.29, 1.82) is 0 Å². The summed E-state index contributed by atoms with van der Waals surface area (Å²) in [5.41, 5.74) is 11.3. The van der Waals surface area contributed by atoms with E-state index in [1.165, 1.54) is 0 Å². The summed E-state index contributed by atoms with van der Waals surface area (Å²) in [6.45, 7) is 5.57. The minimum atomic E-state index is -0.494. The smallest absolute Gasteiger partial charge is 0.323 e. The number of ether oxygens (including phenoxy) is 1. The third kappa shape index (κ3) is 4.10. The van der Waals surface area contributed by atoms with Crippen LogP contribution in [-0.2, 0) is 9.53 Å². The number of esters is 1. The molecular formula is C12H24N2O2. The second-order valence-corrected chi connectivity index (χ2v) is 5.73. The fourth-order valence-electron chi connectivity index (χ4n) is 2.07. The first-order valence-corrected chi connectivity index (χ1v) is 6.03. The van der Waals surface area contributed by atoms with Gasteiger partial charge in [0, 0.05) is 6.04 Å². The zero-order chi connectivity index (χ0) is 12.3. The van der Waals surface area contributed by atoms with Gasteiger partial charge in [-0.05, 0) is 52.4 Å². The van der Waals surface area contributed by atoms with Gasteiger partial charge in [-0.3, -0.25) is 4.79 Å². The van der Waals surface area contributed by atoms with Crippen molar-refractivity contribution in [3.05, 3.63) is 0 Å². The summed E-state index contributed by atoms with van der Waals surface area (Å²) in [5, 5.41) is 0. The van der Waals surface area contributed by atoms with Crippen LogP contribution in [0.3, 0.4) is 0 Å². The lowest BCUT2D eigenvalue weighted by molar-refractivity contribution is -0.158. The molecule has 0 saturated heterocycles. The number of hydrogen-bond acceptors (Lipinski definition) is 4. The van der Waals surface area contributed by atoms with E-state index in [1.807, 2.05) is 20.8 Å². The van der Waals surface area contributed by atoms with Gasteiger partial charge < -0.3 is 16.2 Å². The molecule has 0 bridgehead atoms. The summed E-state index contributed by atoms with van der Waals surface area (Å²) in [6, 6.07) is -0.214. The van der Waals surface area contributed by atoms with Crippen LogP contribution in [0.2, 0.25) is 0 Å². The predicted molar refractivity (Wildman–Crippen MR) is 63.8 cm³/mol. The van der Waals surface area contributed by atoms with E-state index < -0.39 is 11.6 Å². The van der Waals surface area contributed by atoms with Crippen LogP contribution in [0.1, 0.15) is 46.5 Å². The highest BCUT2D eigenvalue weighted by Crippen LogP contribution is 2.26. The van der Waals surface area contributed by atoms with Gasteiger partial charge in [0.1, 0.15) is 11.6 Å². The van der Waals surface area contributed by atoms with Crippen molar-refractivity contribution >= 4 is 5.97 Å². The van der Waals surface area contributed by atoms with E-state index in [1.54, 1.807) is 0 Å². The van der Waals surface area contributed by atoms with Gasteiger partial charge >= 0.3 is 5.97 Å². The molecule has 0 heterocycles. The summed E-state index contributed by atoms with van der Waals surface area (Å²) >= 11 is 0. The summed E-state index contributed by atoms with van der Waals surface area (Å²) in [7, 11) is 0. The van der Waals surface area contributed by atoms with Crippen LogP contribution in [0.25, 0.3) is 0 Å². The van der Waals surface area contributed by atoms with Crippen molar-refractivity contribution in [2.24, 2.45) is 17.4 Å². The molecule has 0 aromatic rings. The van der Waals surface area contributed by atoms with Gasteiger partial charge in [0.25, 0.3) is 0 Å². The molecule has 1 fully saturated rings.